The lowest BCUT2D eigenvalue weighted by atomic mass is 10.1. The minimum absolute atomic E-state index is 0.235. The molecule has 1 N–H and O–H groups in total. The third-order valence-corrected chi connectivity index (χ3v) is 8.60. The Hall–Kier alpha value is -0.930. The predicted octanol–water partition coefficient (Wildman–Crippen LogP) is 4.19. The van der Waals surface area contributed by atoms with Gasteiger partial charge in [-0.25, -0.2) is 8.42 Å². The van der Waals surface area contributed by atoms with Crippen LogP contribution in [0.1, 0.15) is 31.4 Å². The van der Waals surface area contributed by atoms with E-state index >= 15 is 0 Å². The van der Waals surface area contributed by atoms with Crippen LogP contribution in [0.3, 0.4) is 0 Å². The highest BCUT2D eigenvalue weighted by molar-refractivity contribution is 9.11. The van der Waals surface area contributed by atoms with E-state index in [-0.39, 0.29) is 16.2 Å². The molecule has 9 heteroatoms. The molecule has 26 heavy (non-hydrogen) atoms. The molecule has 0 spiro atoms. The van der Waals surface area contributed by atoms with Crippen LogP contribution in [0.2, 0.25) is 5.02 Å². The minimum atomic E-state index is -3.67. The maximum Gasteiger partial charge on any atom is 0.253 e. The van der Waals surface area contributed by atoms with E-state index in [4.69, 9.17) is 11.6 Å². The molecule has 1 aromatic heterocycles. The van der Waals surface area contributed by atoms with Gasteiger partial charge in [-0.1, -0.05) is 23.7 Å². The summed E-state index contributed by atoms with van der Waals surface area (Å²) in [6.45, 7) is 2.22. The van der Waals surface area contributed by atoms with Crippen molar-refractivity contribution in [2.45, 2.75) is 36.1 Å². The normalized spacial score (nSPS) is 19.4. The standard InChI is InChI=1S/C17H18BrClN2O3S2/c1-11(12-4-6-13(19)7-5-12)20-17(22)14-3-2-10-21(14)26(23,24)16-9-8-15(18)25-16/h4-9,11,14H,2-3,10H2,1H3,(H,20,22). The number of hydrogen-bond donors (Lipinski definition) is 1. The molecule has 140 valence electrons. The summed E-state index contributed by atoms with van der Waals surface area (Å²) < 4.78 is 28.1. The van der Waals surface area contributed by atoms with Crippen LogP contribution in [0.4, 0.5) is 0 Å². The number of carbonyl (C=O) groups excluding carboxylic acids is 1. The van der Waals surface area contributed by atoms with Crippen LogP contribution in [0.5, 0.6) is 0 Å². The fraction of sp³-hybridized carbons (Fsp3) is 0.353. The van der Waals surface area contributed by atoms with Crippen molar-refractivity contribution in [2.75, 3.05) is 6.54 Å². The number of nitrogens with zero attached hydrogens (tertiary/aromatic N) is 1. The Balaban J connectivity index is 1.75. The summed E-state index contributed by atoms with van der Waals surface area (Å²) in [4.78, 5) is 12.7. The molecule has 2 unspecified atom stereocenters. The molecule has 5 nitrogen and oxygen atoms in total. The quantitative estimate of drug-likeness (QED) is 0.702. The Bertz CT molecular complexity index is 899. The highest BCUT2D eigenvalue weighted by Gasteiger charge is 2.40. The number of carbonyl (C=O) groups is 1. The highest BCUT2D eigenvalue weighted by Crippen LogP contribution is 2.32. The zero-order valence-electron chi connectivity index (χ0n) is 14.0. The average Bonchev–Trinajstić information content (AvgIpc) is 3.24. The lowest BCUT2D eigenvalue weighted by Gasteiger charge is -2.24. The molecule has 1 amide bonds. The first-order chi connectivity index (χ1) is 12.3. The van der Waals surface area contributed by atoms with Gasteiger partial charge in [-0.3, -0.25) is 4.79 Å². The van der Waals surface area contributed by atoms with Crippen molar-refractivity contribution in [2.24, 2.45) is 0 Å². The number of sulfonamides is 1. The Morgan fingerprint density at radius 2 is 2.00 bits per heavy atom. The van der Waals surface area contributed by atoms with Crippen molar-refractivity contribution in [3.05, 3.63) is 50.8 Å². The average molecular weight is 478 g/mol. The zero-order chi connectivity index (χ0) is 18.9. The van der Waals surface area contributed by atoms with Crippen molar-refractivity contribution in [1.29, 1.82) is 0 Å². The maximum absolute atomic E-state index is 12.9. The minimum Gasteiger partial charge on any atom is -0.348 e. The fourth-order valence-electron chi connectivity index (χ4n) is 2.99. The molecule has 0 saturated carbocycles. The largest absolute Gasteiger partial charge is 0.348 e. The molecule has 1 aliphatic heterocycles. The van der Waals surface area contributed by atoms with Crippen LogP contribution in [-0.4, -0.2) is 31.2 Å². The molecule has 0 radical (unpaired) electrons. The number of halogens is 2. The SMILES string of the molecule is CC(NC(=O)C1CCCN1S(=O)(=O)c1ccc(Br)s1)c1ccc(Cl)cc1. The van der Waals surface area contributed by atoms with E-state index in [0.717, 1.165) is 20.7 Å². The first-order valence-electron chi connectivity index (χ1n) is 8.12. The van der Waals surface area contributed by atoms with Gasteiger partial charge in [0.2, 0.25) is 5.91 Å². The van der Waals surface area contributed by atoms with Gasteiger partial charge in [-0.15, -0.1) is 11.3 Å². The topological polar surface area (TPSA) is 66.5 Å². The first-order valence-corrected chi connectivity index (χ1v) is 11.5. The fourth-order valence-corrected chi connectivity index (χ4v) is 6.91. The molecule has 3 rings (SSSR count). The van der Waals surface area contributed by atoms with Crippen LogP contribution in [-0.2, 0) is 14.8 Å². The van der Waals surface area contributed by atoms with E-state index in [1.807, 2.05) is 19.1 Å². The van der Waals surface area contributed by atoms with Gasteiger partial charge < -0.3 is 5.32 Å². The summed E-state index contributed by atoms with van der Waals surface area (Å²) in [6, 6.07) is 9.57. The van der Waals surface area contributed by atoms with E-state index < -0.39 is 16.1 Å². The predicted molar refractivity (Wildman–Crippen MR) is 107 cm³/mol. The Labute approximate surface area is 170 Å². The molecule has 0 bridgehead atoms. The van der Waals surface area contributed by atoms with Crippen LogP contribution in [0.25, 0.3) is 0 Å². The van der Waals surface area contributed by atoms with Gasteiger partial charge in [0.1, 0.15) is 10.3 Å². The van der Waals surface area contributed by atoms with Crippen molar-refractivity contribution in [3.63, 3.8) is 0 Å². The van der Waals surface area contributed by atoms with Crippen molar-refractivity contribution in [3.8, 4) is 0 Å². The maximum atomic E-state index is 12.9. The summed E-state index contributed by atoms with van der Waals surface area (Å²) >= 11 is 10.3. The van der Waals surface area contributed by atoms with Crippen LogP contribution < -0.4 is 5.32 Å². The van der Waals surface area contributed by atoms with E-state index in [1.54, 1.807) is 24.3 Å². The summed E-state index contributed by atoms with van der Waals surface area (Å²) in [5.41, 5.74) is 0.914. The monoisotopic (exact) mass is 476 g/mol. The van der Waals surface area contributed by atoms with Crippen molar-refractivity contribution >= 4 is 54.8 Å². The second-order valence-corrected chi connectivity index (χ2v) is 11.1. The summed E-state index contributed by atoms with van der Waals surface area (Å²) in [5.74, 6) is -0.274. The van der Waals surface area contributed by atoms with E-state index in [0.29, 0.717) is 24.4 Å². The second kappa shape index (κ2) is 7.98. The van der Waals surface area contributed by atoms with Gasteiger partial charge in [0.25, 0.3) is 10.0 Å². The third kappa shape index (κ3) is 4.14. The lowest BCUT2D eigenvalue weighted by molar-refractivity contribution is -0.124. The van der Waals surface area contributed by atoms with Gasteiger partial charge in [-0.2, -0.15) is 4.31 Å². The molecule has 1 fully saturated rings. The van der Waals surface area contributed by atoms with E-state index in [9.17, 15) is 13.2 Å². The van der Waals surface area contributed by atoms with Gasteiger partial charge in [0.15, 0.2) is 0 Å². The van der Waals surface area contributed by atoms with Crippen LogP contribution in [0, 0.1) is 0 Å². The highest BCUT2D eigenvalue weighted by atomic mass is 79.9. The molecule has 0 aliphatic carbocycles. The van der Waals surface area contributed by atoms with Crippen molar-refractivity contribution in [1.82, 2.24) is 9.62 Å². The Morgan fingerprint density at radius 1 is 1.31 bits per heavy atom. The Kier molecular flexibility index (Phi) is 6.08. The molecule has 2 aromatic rings. The first kappa shape index (κ1) is 19.8. The molecule has 1 aromatic carbocycles. The molecule has 1 saturated heterocycles. The molecular weight excluding hydrogens is 460 g/mol. The van der Waals surface area contributed by atoms with E-state index in [1.165, 1.54) is 4.31 Å². The van der Waals surface area contributed by atoms with Gasteiger partial charge in [-0.05, 0) is 65.5 Å². The number of nitrogens with one attached hydrogen (secondary N) is 1. The number of thiophene rings is 1. The Morgan fingerprint density at radius 3 is 2.62 bits per heavy atom. The van der Waals surface area contributed by atoms with Gasteiger partial charge in [0.05, 0.1) is 9.83 Å². The lowest BCUT2D eigenvalue weighted by Crippen LogP contribution is -2.46. The summed E-state index contributed by atoms with van der Waals surface area (Å²) in [6.07, 6.45) is 1.18. The summed E-state index contributed by atoms with van der Waals surface area (Å²) in [5, 5.41) is 3.55. The van der Waals surface area contributed by atoms with Crippen molar-refractivity contribution < 1.29 is 13.2 Å². The molecular formula is C17H18BrClN2O3S2. The smallest absolute Gasteiger partial charge is 0.253 e. The van der Waals surface area contributed by atoms with Crippen LogP contribution >= 0.6 is 38.9 Å². The second-order valence-electron chi connectivity index (χ2n) is 6.11. The zero-order valence-corrected chi connectivity index (χ0v) is 18.0. The van der Waals surface area contributed by atoms with Gasteiger partial charge >= 0.3 is 0 Å². The van der Waals surface area contributed by atoms with E-state index in [2.05, 4.69) is 21.2 Å². The molecule has 2 atom stereocenters. The number of hydrogen-bond acceptors (Lipinski definition) is 4. The molecule has 1 aliphatic rings. The van der Waals surface area contributed by atoms with Crippen LogP contribution in [0.15, 0.2) is 44.4 Å². The van der Waals surface area contributed by atoms with Gasteiger partial charge in [0, 0.05) is 11.6 Å². The number of benzene rings is 1. The number of amides is 1. The summed E-state index contributed by atoms with van der Waals surface area (Å²) in [7, 11) is -3.67. The molecule has 2 heterocycles. The number of rotatable bonds is 5. The third-order valence-electron chi connectivity index (χ3n) is 4.35.